The highest BCUT2D eigenvalue weighted by molar-refractivity contribution is 5.78. The third kappa shape index (κ3) is 3.14. The van der Waals surface area contributed by atoms with Crippen molar-refractivity contribution in [3.63, 3.8) is 0 Å². The van der Waals surface area contributed by atoms with Crippen LogP contribution in [-0.2, 0) is 4.79 Å². The molecule has 114 valence electrons. The van der Waals surface area contributed by atoms with E-state index >= 15 is 0 Å². The van der Waals surface area contributed by atoms with E-state index in [1.807, 2.05) is 32.0 Å². The zero-order chi connectivity index (χ0) is 14.8. The normalized spacial score (nSPS) is 19.7. The molecule has 1 saturated carbocycles. The number of amides is 1. The predicted molar refractivity (Wildman–Crippen MR) is 80.5 cm³/mol. The summed E-state index contributed by atoms with van der Waals surface area (Å²) < 4.78 is 11.2. The van der Waals surface area contributed by atoms with E-state index in [0.717, 1.165) is 23.5 Å². The number of benzene rings is 1. The van der Waals surface area contributed by atoms with Crippen molar-refractivity contribution < 1.29 is 14.3 Å². The van der Waals surface area contributed by atoms with Crippen LogP contribution in [-0.4, -0.2) is 19.1 Å². The summed E-state index contributed by atoms with van der Waals surface area (Å²) in [4.78, 5) is 12.2. The molecule has 1 fully saturated rings. The molecule has 1 aromatic rings. The van der Waals surface area contributed by atoms with Crippen LogP contribution < -0.4 is 14.8 Å². The third-order valence-electron chi connectivity index (χ3n) is 4.38. The van der Waals surface area contributed by atoms with Crippen LogP contribution in [0, 0.1) is 11.8 Å². The van der Waals surface area contributed by atoms with Crippen molar-refractivity contribution in [3.05, 3.63) is 23.8 Å². The Bertz CT molecular complexity index is 525. The number of carbonyl (C=O) groups excluding carboxylic acids is 1. The summed E-state index contributed by atoms with van der Waals surface area (Å²) in [5, 5.41) is 3.22. The maximum atomic E-state index is 12.2. The molecule has 2 atom stereocenters. The van der Waals surface area contributed by atoms with Crippen molar-refractivity contribution in [1.82, 2.24) is 5.32 Å². The molecule has 1 amide bonds. The van der Waals surface area contributed by atoms with Crippen molar-refractivity contribution in [3.8, 4) is 11.5 Å². The van der Waals surface area contributed by atoms with E-state index in [-0.39, 0.29) is 17.9 Å². The predicted octanol–water partition coefficient (Wildman–Crippen LogP) is 3.07. The number of rotatable bonds is 5. The molecule has 3 rings (SSSR count). The number of ether oxygens (including phenoxy) is 2. The fraction of sp³-hybridized carbons (Fsp3) is 0.588. The van der Waals surface area contributed by atoms with Crippen molar-refractivity contribution in [2.24, 2.45) is 11.8 Å². The molecule has 0 aromatic heterocycles. The largest absolute Gasteiger partial charge is 0.486 e. The molecule has 1 aliphatic carbocycles. The first-order valence-electron chi connectivity index (χ1n) is 7.89. The van der Waals surface area contributed by atoms with E-state index < -0.39 is 0 Å². The minimum absolute atomic E-state index is 0.0588. The lowest BCUT2D eigenvalue weighted by atomic mass is 10.00. The summed E-state index contributed by atoms with van der Waals surface area (Å²) in [6.45, 7) is 5.20. The molecule has 0 bridgehead atoms. The van der Waals surface area contributed by atoms with Gasteiger partial charge in [0, 0.05) is 5.92 Å². The van der Waals surface area contributed by atoms with E-state index in [4.69, 9.17) is 9.47 Å². The number of carbonyl (C=O) groups is 1. The Morgan fingerprint density at radius 1 is 1.29 bits per heavy atom. The van der Waals surface area contributed by atoms with Gasteiger partial charge >= 0.3 is 0 Å². The average Bonchev–Trinajstić information content (AvgIpc) is 3.35. The topological polar surface area (TPSA) is 47.6 Å². The Balaban J connectivity index is 1.79. The molecule has 1 N–H and O–H groups in total. The second-order valence-corrected chi connectivity index (χ2v) is 6.04. The lowest BCUT2D eigenvalue weighted by molar-refractivity contribution is -0.125. The molecule has 2 aliphatic rings. The maximum Gasteiger partial charge on any atom is 0.223 e. The second-order valence-electron chi connectivity index (χ2n) is 6.04. The molecular formula is C17H23NO3. The highest BCUT2D eigenvalue weighted by Gasteiger charge is 2.34. The zero-order valence-corrected chi connectivity index (χ0v) is 12.7. The summed E-state index contributed by atoms with van der Waals surface area (Å²) in [5.41, 5.74) is 1.12. The van der Waals surface area contributed by atoms with Crippen LogP contribution in [0.2, 0.25) is 0 Å². The molecule has 0 spiro atoms. The zero-order valence-electron chi connectivity index (χ0n) is 12.7. The van der Waals surface area contributed by atoms with Crippen LogP contribution in [0.25, 0.3) is 0 Å². The minimum Gasteiger partial charge on any atom is -0.486 e. The maximum absolute atomic E-state index is 12.2. The van der Waals surface area contributed by atoms with Crippen LogP contribution >= 0.6 is 0 Å². The van der Waals surface area contributed by atoms with Crippen LogP contribution in [0.1, 0.15) is 44.7 Å². The van der Waals surface area contributed by atoms with Gasteiger partial charge in [0.2, 0.25) is 5.91 Å². The summed E-state index contributed by atoms with van der Waals surface area (Å²) in [6, 6.07) is 6.12. The molecule has 1 heterocycles. The Hall–Kier alpha value is -1.71. The van der Waals surface area contributed by atoms with Crippen molar-refractivity contribution >= 4 is 5.91 Å². The fourth-order valence-corrected chi connectivity index (χ4v) is 2.64. The summed E-state index contributed by atoms with van der Waals surface area (Å²) in [5.74, 6) is 2.35. The van der Waals surface area contributed by atoms with Gasteiger partial charge in [0.15, 0.2) is 11.5 Å². The van der Waals surface area contributed by atoms with Crippen LogP contribution in [0.3, 0.4) is 0 Å². The molecule has 4 nitrogen and oxygen atoms in total. The van der Waals surface area contributed by atoms with E-state index in [9.17, 15) is 4.79 Å². The first-order chi connectivity index (χ1) is 10.2. The summed E-state index contributed by atoms with van der Waals surface area (Å²) in [6.07, 6.45) is 3.23. The van der Waals surface area contributed by atoms with E-state index in [1.54, 1.807) is 0 Å². The van der Waals surface area contributed by atoms with Crippen molar-refractivity contribution in [2.75, 3.05) is 13.2 Å². The Labute approximate surface area is 125 Å². The van der Waals surface area contributed by atoms with Crippen LogP contribution in [0.15, 0.2) is 18.2 Å². The highest BCUT2D eigenvalue weighted by Crippen LogP contribution is 2.43. The Kier molecular flexibility index (Phi) is 4.04. The summed E-state index contributed by atoms with van der Waals surface area (Å²) >= 11 is 0. The van der Waals surface area contributed by atoms with Gasteiger partial charge in [-0.3, -0.25) is 4.79 Å². The van der Waals surface area contributed by atoms with Crippen LogP contribution in [0.4, 0.5) is 0 Å². The SMILES string of the molecule is CC[C@H](C)C(=O)N[C@@H](c1ccc2c(c1)OCCO2)C1CC1. The molecule has 0 unspecified atom stereocenters. The smallest absolute Gasteiger partial charge is 0.223 e. The van der Waals surface area contributed by atoms with Crippen LogP contribution in [0.5, 0.6) is 11.5 Å². The van der Waals surface area contributed by atoms with Gasteiger partial charge in [0.25, 0.3) is 0 Å². The van der Waals surface area contributed by atoms with Gasteiger partial charge in [-0.2, -0.15) is 0 Å². The van der Waals surface area contributed by atoms with E-state index in [1.165, 1.54) is 12.8 Å². The van der Waals surface area contributed by atoms with Gasteiger partial charge in [0.1, 0.15) is 13.2 Å². The van der Waals surface area contributed by atoms with Gasteiger partial charge in [-0.25, -0.2) is 0 Å². The molecule has 0 saturated heterocycles. The molecule has 1 aliphatic heterocycles. The molecular weight excluding hydrogens is 266 g/mol. The average molecular weight is 289 g/mol. The van der Waals surface area contributed by atoms with Gasteiger partial charge in [-0.15, -0.1) is 0 Å². The van der Waals surface area contributed by atoms with Crippen molar-refractivity contribution in [1.29, 1.82) is 0 Å². The number of nitrogens with one attached hydrogen (secondary N) is 1. The minimum atomic E-state index is 0.0588. The van der Waals surface area contributed by atoms with Gasteiger partial charge < -0.3 is 14.8 Å². The third-order valence-corrected chi connectivity index (χ3v) is 4.38. The van der Waals surface area contributed by atoms with E-state index in [0.29, 0.717) is 19.1 Å². The monoisotopic (exact) mass is 289 g/mol. The first-order valence-corrected chi connectivity index (χ1v) is 7.89. The first kappa shape index (κ1) is 14.2. The molecule has 0 radical (unpaired) electrons. The molecule has 1 aromatic carbocycles. The van der Waals surface area contributed by atoms with Gasteiger partial charge in [-0.05, 0) is 42.9 Å². The van der Waals surface area contributed by atoms with Gasteiger partial charge in [0.05, 0.1) is 6.04 Å². The fourth-order valence-electron chi connectivity index (χ4n) is 2.64. The summed E-state index contributed by atoms with van der Waals surface area (Å²) in [7, 11) is 0. The quantitative estimate of drug-likeness (QED) is 0.906. The van der Waals surface area contributed by atoms with E-state index in [2.05, 4.69) is 5.32 Å². The Morgan fingerprint density at radius 2 is 2.00 bits per heavy atom. The lowest BCUT2D eigenvalue weighted by Crippen LogP contribution is -2.33. The molecule has 4 heteroatoms. The Morgan fingerprint density at radius 3 is 2.67 bits per heavy atom. The number of fused-ring (bicyclic) bond motifs is 1. The van der Waals surface area contributed by atoms with Gasteiger partial charge in [-0.1, -0.05) is 19.9 Å². The highest BCUT2D eigenvalue weighted by atomic mass is 16.6. The lowest BCUT2D eigenvalue weighted by Gasteiger charge is -2.24. The number of hydrogen-bond acceptors (Lipinski definition) is 3. The molecule has 21 heavy (non-hydrogen) atoms. The second kappa shape index (κ2) is 5.96. The standard InChI is InChI=1S/C17H23NO3/c1-3-11(2)17(19)18-16(12-4-5-12)13-6-7-14-15(10-13)21-9-8-20-14/h6-7,10-12,16H,3-5,8-9H2,1-2H3,(H,18,19)/t11-,16+/m0/s1. The van der Waals surface area contributed by atoms with Crippen molar-refractivity contribution in [2.45, 2.75) is 39.2 Å². The number of hydrogen-bond donors (Lipinski definition) is 1.